The first-order valence-corrected chi connectivity index (χ1v) is 9.16. The monoisotopic (exact) mass is 313 g/mol. The Balaban J connectivity index is 1.58. The van der Waals surface area contributed by atoms with Gasteiger partial charge in [0.05, 0.1) is 5.54 Å². The number of fused-ring (bicyclic) bond motifs is 2. The molecular formula is C19H27N3O. The molecule has 2 saturated heterocycles. The predicted octanol–water partition coefficient (Wildman–Crippen LogP) is 3.61. The van der Waals surface area contributed by atoms with Gasteiger partial charge in [0.15, 0.2) is 0 Å². The summed E-state index contributed by atoms with van der Waals surface area (Å²) in [5.41, 5.74) is 0.941. The molecule has 2 N–H and O–H groups in total. The van der Waals surface area contributed by atoms with Crippen molar-refractivity contribution < 1.29 is 4.79 Å². The summed E-state index contributed by atoms with van der Waals surface area (Å²) in [6, 6.07) is 10.3. The maximum atomic E-state index is 13.1. The maximum absolute atomic E-state index is 13.1. The topological polar surface area (TPSA) is 44.4 Å². The van der Waals surface area contributed by atoms with Gasteiger partial charge in [-0.25, -0.2) is 4.79 Å². The molecule has 1 aromatic carbocycles. The molecule has 2 aliphatic heterocycles. The number of benzene rings is 1. The van der Waals surface area contributed by atoms with Gasteiger partial charge in [-0.1, -0.05) is 37.5 Å². The number of hydrogen-bond acceptors (Lipinski definition) is 2. The van der Waals surface area contributed by atoms with Crippen molar-refractivity contribution in [3.05, 3.63) is 30.3 Å². The van der Waals surface area contributed by atoms with Crippen molar-refractivity contribution >= 4 is 11.7 Å². The van der Waals surface area contributed by atoms with Crippen molar-refractivity contribution in [2.24, 2.45) is 5.92 Å². The van der Waals surface area contributed by atoms with E-state index in [4.69, 9.17) is 0 Å². The van der Waals surface area contributed by atoms with Crippen LogP contribution in [0.15, 0.2) is 30.3 Å². The van der Waals surface area contributed by atoms with Crippen LogP contribution in [0.25, 0.3) is 0 Å². The highest BCUT2D eigenvalue weighted by Crippen LogP contribution is 2.46. The first-order valence-electron chi connectivity index (χ1n) is 9.16. The fraction of sp³-hybridized carbons (Fsp3) is 0.632. The van der Waals surface area contributed by atoms with E-state index in [1.807, 2.05) is 30.3 Å². The molecule has 2 unspecified atom stereocenters. The number of urea groups is 1. The van der Waals surface area contributed by atoms with Crippen molar-refractivity contribution in [1.29, 1.82) is 0 Å². The highest BCUT2D eigenvalue weighted by atomic mass is 16.2. The van der Waals surface area contributed by atoms with E-state index in [1.54, 1.807) is 0 Å². The lowest BCUT2D eigenvalue weighted by atomic mass is 9.73. The summed E-state index contributed by atoms with van der Waals surface area (Å²) in [6.07, 6.45) is 8.88. The Morgan fingerprint density at radius 3 is 2.70 bits per heavy atom. The summed E-state index contributed by atoms with van der Waals surface area (Å²) in [6.45, 7) is 1.91. The first-order chi connectivity index (χ1) is 11.3. The summed E-state index contributed by atoms with van der Waals surface area (Å²) >= 11 is 0. The number of carbonyl (C=O) groups excluding carboxylic acids is 1. The highest BCUT2D eigenvalue weighted by Gasteiger charge is 2.55. The molecule has 4 rings (SSSR count). The molecule has 124 valence electrons. The Morgan fingerprint density at radius 1 is 1.13 bits per heavy atom. The molecule has 2 atom stereocenters. The van der Waals surface area contributed by atoms with Crippen LogP contribution in [-0.2, 0) is 0 Å². The molecule has 23 heavy (non-hydrogen) atoms. The maximum Gasteiger partial charge on any atom is 0.322 e. The van der Waals surface area contributed by atoms with Crippen LogP contribution in [0.5, 0.6) is 0 Å². The van der Waals surface area contributed by atoms with Crippen LogP contribution >= 0.6 is 0 Å². The molecule has 1 aliphatic carbocycles. The van der Waals surface area contributed by atoms with Gasteiger partial charge >= 0.3 is 6.03 Å². The van der Waals surface area contributed by atoms with Gasteiger partial charge in [-0.2, -0.15) is 0 Å². The van der Waals surface area contributed by atoms with E-state index in [9.17, 15) is 4.79 Å². The van der Waals surface area contributed by atoms with E-state index in [1.165, 1.54) is 32.1 Å². The van der Waals surface area contributed by atoms with Crippen LogP contribution in [0, 0.1) is 5.92 Å². The molecule has 3 fully saturated rings. The molecule has 0 radical (unpaired) electrons. The third kappa shape index (κ3) is 2.63. The standard InChI is InChI=1S/C19H27N3O/c23-18(21-16-9-5-2-6-10-16)22-17-11-12-19(22,14-20-13-17)15-7-3-1-4-8-15/h2,5-6,9-10,15,17,20H,1,3-4,7-8,11-14H2,(H,21,23). The van der Waals surface area contributed by atoms with Crippen LogP contribution in [0.2, 0.25) is 0 Å². The summed E-state index contributed by atoms with van der Waals surface area (Å²) < 4.78 is 0. The van der Waals surface area contributed by atoms with Gasteiger partial charge in [-0.05, 0) is 43.7 Å². The number of para-hydroxylation sites is 1. The Hall–Kier alpha value is -1.55. The van der Waals surface area contributed by atoms with Gasteiger partial charge < -0.3 is 15.5 Å². The Kier molecular flexibility index (Phi) is 4.02. The third-order valence-corrected chi connectivity index (χ3v) is 6.18. The van der Waals surface area contributed by atoms with Gasteiger partial charge in [0.25, 0.3) is 0 Å². The number of piperazine rings is 1. The number of anilines is 1. The van der Waals surface area contributed by atoms with Gasteiger partial charge in [-0.3, -0.25) is 0 Å². The number of nitrogens with zero attached hydrogens (tertiary/aromatic N) is 1. The zero-order valence-electron chi connectivity index (χ0n) is 13.8. The smallest absolute Gasteiger partial charge is 0.313 e. The molecule has 3 aliphatic rings. The van der Waals surface area contributed by atoms with Crippen molar-refractivity contribution in [3.8, 4) is 0 Å². The van der Waals surface area contributed by atoms with E-state index in [-0.39, 0.29) is 11.6 Å². The summed E-state index contributed by atoms with van der Waals surface area (Å²) in [5.74, 6) is 0.663. The summed E-state index contributed by atoms with van der Waals surface area (Å²) in [4.78, 5) is 15.3. The fourth-order valence-electron chi connectivity index (χ4n) is 5.11. The second-order valence-corrected chi connectivity index (χ2v) is 7.43. The number of hydrogen-bond donors (Lipinski definition) is 2. The number of carbonyl (C=O) groups is 1. The lowest BCUT2D eigenvalue weighted by Crippen LogP contribution is -2.66. The molecule has 4 heteroatoms. The minimum Gasteiger partial charge on any atom is -0.313 e. The molecular weight excluding hydrogens is 286 g/mol. The SMILES string of the molecule is O=C(Nc1ccccc1)N1C2CCC1(C1CCCCC1)CNC2. The second kappa shape index (κ2) is 6.16. The van der Waals surface area contributed by atoms with Crippen molar-refractivity contribution in [2.75, 3.05) is 18.4 Å². The van der Waals surface area contributed by atoms with Crippen LogP contribution in [0.3, 0.4) is 0 Å². The lowest BCUT2D eigenvalue weighted by molar-refractivity contribution is 0.0404. The minimum atomic E-state index is 0.0438. The van der Waals surface area contributed by atoms with Crippen LogP contribution in [0.1, 0.15) is 44.9 Å². The largest absolute Gasteiger partial charge is 0.322 e. The van der Waals surface area contributed by atoms with Gasteiger partial charge in [0.2, 0.25) is 0 Å². The lowest BCUT2D eigenvalue weighted by Gasteiger charge is -2.50. The van der Waals surface area contributed by atoms with Crippen molar-refractivity contribution in [3.63, 3.8) is 0 Å². The van der Waals surface area contributed by atoms with Crippen LogP contribution in [-0.4, -0.2) is 35.6 Å². The zero-order valence-corrected chi connectivity index (χ0v) is 13.8. The molecule has 2 bridgehead atoms. The molecule has 2 heterocycles. The normalized spacial score (nSPS) is 31.1. The average molecular weight is 313 g/mol. The quantitative estimate of drug-likeness (QED) is 0.876. The van der Waals surface area contributed by atoms with E-state index in [2.05, 4.69) is 15.5 Å². The zero-order chi connectivity index (χ0) is 15.7. The Labute approximate surface area is 138 Å². The van der Waals surface area contributed by atoms with Gasteiger partial charge in [0, 0.05) is 24.8 Å². The second-order valence-electron chi connectivity index (χ2n) is 7.43. The number of amides is 2. The van der Waals surface area contributed by atoms with E-state index >= 15 is 0 Å². The van der Waals surface area contributed by atoms with Crippen LogP contribution < -0.4 is 10.6 Å². The van der Waals surface area contributed by atoms with Gasteiger partial charge in [-0.15, -0.1) is 0 Å². The molecule has 0 aromatic heterocycles. The van der Waals surface area contributed by atoms with E-state index in [0.29, 0.717) is 12.0 Å². The van der Waals surface area contributed by atoms with E-state index in [0.717, 1.165) is 31.6 Å². The average Bonchev–Trinajstić information content (AvgIpc) is 2.84. The molecule has 1 saturated carbocycles. The van der Waals surface area contributed by atoms with Crippen molar-refractivity contribution in [1.82, 2.24) is 10.2 Å². The number of rotatable bonds is 2. The Morgan fingerprint density at radius 2 is 1.91 bits per heavy atom. The minimum absolute atomic E-state index is 0.0438. The van der Waals surface area contributed by atoms with Crippen molar-refractivity contribution in [2.45, 2.75) is 56.5 Å². The predicted molar refractivity (Wildman–Crippen MR) is 92.5 cm³/mol. The third-order valence-electron chi connectivity index (χ3n) is 6.18. The van der Waals surface area contributed by atoms with E-state index < -0.39 is 0 Å². The molecule has 2 amide bonds. The summed E-state index contributed by atoms with van der Waals surface area (Å²) in [5, 5.41) is 6.75. The summed E-state index contributed by atoms with van der Waals surface area (Å²) in [7, 11) is 0. The number of nitrogens with one attached hydrogen (secondary N) is 2. The first kappa shape index (κ1) is 15.0. The van der Waals surface area contributed by atoms with Crippen LogP contribution in [0.4, 0.5) is 10.5 Å². The molecule has 0 spiro atoms. The molecule has 4 nitrogen and oxygen atoms in total. The molecule has 1 aromatic rings. The highest BCUT2D eigenvalue weighted by molar-refractivity contribution is 5.90. The fourth-order valence-corrected chi connectivity index (χ4v) is 5.11. The van der Waals surface area contributed by atoms with Gasteiger partial charge in [0.1, 0.15) is 0 Å². The Bertz CT molecular complexity index is 551.